The minimum absolute atomic E-state index is 0.0737. The van der Waals surface area contributed by atoms with Gasteiger partial charge in [0.1, 0.15) is 5.82 Å². The maximum Gasteiger partial charge on any atom is 0.356 e. The second kappa shape index (κ2) is 4.38. The molecule has 5 heteroatoms. The highest BCUT2D eigenvalue weighted by molar-refractivity contribution is 5.96. The summed E-state index contributed by atoms with van der Waals surface area (Å²) in [6, 6.07) is 13.1. The third-order valence-electron chi connectivity index (χ3n) is 3.17. The summed E-state index contributed by atoms with van der Waals surface area (Å²) in [5.41, 5.74) is 1.11. The van der Waals surface area contributed by atoms with E-state index >= 15 is 0 Å². The number of rotatable bonds is 2. The first kappa shape index (κ1) is 12.2. The molecular weight excluding hydrogens is 261 g/mol. The van der Waals surface area contributed by atoms with Crippen LogP contribution in [0.3, 0.4) is 0 Å². The summed E-state index contributed by atoms with van der Waals surface area (Å²) in [4.78, 5) is 11.0. The maximum atomic E-state index is 14.1. The minimum Gasteiger partial charge on any atom is -0.476 e. The zero-order valence-corrected chi connectivity index (χ0v) is 10.2. The molecule has 0 radical (unpaired) electrons. The summed E-state index contributed by atoms with van der Waals surface area (Å²) in [6.07, 6.45) is 0. The van der Waals surface area contributed by atoms with Crippen molar-refractivity contribution < 1.29 is 19.5 Å². The Bertz CT molecular complexity index is 809. The lowest BCUT2D eigenvalue weighted by Gasteiger charge is -2.04. The van der Waals surface area contributed by atoms with Crippen LogP contribution in [0, 0.1) is 5.82 Å². The van der Waals surface area contributed by atoms with Gasteiger partial charge in [0, 0.05) is 5.39 Å². The van der Waals surface area contributed by atoms with Crippen LogP contribution in [0.4, 0.5) is 4.39 Å². The van der Waals surface area contributed by atoms with E-state index in [0.717, 1.165) is 11.6 Å². The number of hydrogen-bond donors (Lipinski definition) is 2. The predicted molar refractivity (Wildman–Crippen MR) is 71.5 cm³/mol. The lowest BCUT2D eigenvalue weighted by Crippen LogP contribution is -2.04. The van der Waals surface area contributed by atoms with E-state index in [4.69, 9.17) is 5.11 Å². The highest BCUT2D eigenvalue weighted by Gasteiger charge is 2.17. The van der Waals surface area contributed by atoms with Crippen molar-refractivity contribution in [2.45, 2.75) is 0 Å². The topological polar surface area (TPSA) is 62.5 Å². The van der Waals surface area contributed by atoms with Crippen molar-refractivity contribution in [3.8, 4) is 11.1 Å². The van der Waals surface area contributed by atoms with E-state index in [9.17, 15) is 14.4 Å². The Morgan fingerprint density at radius 2 is 1.75 bits per heavy atom. The molecule has 2 N–H and O–H groups in total. The first-order valence-corrected chi connectivity index (χ1v) is 5.91. The van der Waals surface area contributed by atoms with Crippen LogP contribution in [0.1, 0.15) is 10.5 Å². The van der Waals surface area contributed by atoms with Crippen LogP contribution in [0.25, 0.3) is 22.0 Å². The number of hydrogen-bond acceptors (Lipinski definition) is 2. The SMILES string of the molecule is O=C(O)c1cc2c(F)cc(-c3ccccc3)cc2n1O. The molecule has 0 saturated carbocycles. The van der Waals surface area contributed by atoms with Crippen LogP contribution in [-0.4, -0.2) is 21.0 Å². The average molecular weight is 271 g/mol. The zero-order chi connectivity index (χ0) is 14.3. The highest BCUT2D eigenvalue weighted by atomic mass is 19.1. The highest BCUT2D eigenvalue weighted by Crippen LogP contribution is 2.28. The first-order chi connectivity index (χ1) is 9.58. The van der Waals surface area contributed by atoms with Gasteiger partial charge in [-0.3, -0.25) is 0 Å². The summed E-state index contributed by atoms with van der Waals surface area (Å²) in [7, 11) is 0. The van der Waals surface area contributed by atoms with Crippen LogP contribution < -0.4 is 0 Å². The molecule has 2 aromatic carbocycles. The number of aromatic nitrogens is 1. The number of benzene rings is 2. The summed E-state index contributed by atoms with van der Waals surface area (Å²) >= 11 is 0. The van der Waals surface area contributed by atoms with E-state index in [0.29, 0.717) is 10.3 Å². The van der Waals surface area contributed by atoms with Crippen molar-refractivity contribution in [1.82, 2.24) is 4.73 Å². The number of halogens is 1. The molecule has 0 aliphatic rings. The molecule has 100 valence electrons. The van der Waals surface area contributed by atoms with Gasteiger partial charge in [-0.15, -0.1) is 0 Å². The van der Waals surface area contributed by atoms with Gasteiger partial charge < -0.3 is 10.3 Å². The predicted octanol–water partition coefficient (Wildman–Crippen LogP) is 3.38. The molecule has 0 aliphatic heterocycles. The minimum atomic E-state index is -1.32. The smallest absolute Gasteiger partial charge is 0.356 e. The zero-order valence-electron chi connectivity index (χ0n) is 10.2. The van der Waals surface area contributed by atoms with Crippen LogP contribution >= 0.6 is 0 Å². The Balaban J connectivity index is 2.29. The Hall–Kier alpha value is -2.82. The van der Waals surface area contributed by atoms with E-state index in [-0.39, 0.29) is 16.6 Å². The van der Waals surface area contributed by atoms with Crippen LogP contribution in [0.5, 0.6) is 0 Å². The van der Waals surface area contributed by atoms with Gasteiger partial charge in [-0.1, -0.05) is 30.3 Å². The molecule has 0 saturated heterocycles. The fourth-order valence-corrected chi connectivity index (χ4v) is 2.20. The van der Waals surface area contributed by atoms with Crippen molar-refractivity contribution in [3.05, 3.63) is 60.0 Å². The molecule has 4 nitrogen and oxygen atoms in total. The van der Waals surface area contributed by atoms with Gasteiger partial charge in [0.25, 0.3) is 0 Å². The lowest BCUT2D eigenvalue weighted by molar-refractivity contribution is 0.0649. The molecule has 3 aromatic rings. The summed E-state index contributed by atoms with van der Waals surface area (Å²) in [5, 5.41) is 18.8. The van der Waals surface area contributed by atoms with Gasteiger partial charge in [0.2, 0.25) is 0 Å². The molecule has 0 bridgehead atoms. The number of fused-ring (bicyclic) bond motifs is 1. The molecule has 0 fully saturated rings. The standard InChI is InChI=1S/C15H10FNO3/c16-12-6-10(9-4-2-1-3-5-9)7-13-11(12)8-14(15(18)19)17(13)20/h1-8,20H,(H,18,19). The quantitative estimate of drug-likeness (QED) is 0.702. The maximum absolute atomic E-state index is 14.1. The number of carboxylic acids is 1. The fourth-order valence-electron chi connectivity index (χ4n) is 2.20. The first-order valence-electron chi connectivity index (χ1n) is 5.91. The monoisotopic (exact) mass is 271 g/mol. The van der Waals surface area contributed by atoms with Gasteiger partial charge in [-0.05, 0) is 29.3 Å². The third kappa shape index (κ3) is 1.80. The van der Waals surface area contributed by atoms with E-state index in [1.807, 2.05) is 30.3 Å². The van der Waals surface area contributed by atoms with Gasteiger partial charge in [0.05, 0.1) is 5.52 Å². The third-order valence-corrected chi connectivity index (χ3v) is 3.17. The Morgan fingerprint density at radius 3 is 2.40 bits per heavy atom. The number of aromatic carboxylic acids is 1. The average Bonchev–Trinajstić information content (AvgIpc) is 2.78. The van der Waals surface area contributed by atoms with Crippen molar-refractivity contribution in [2.24, 2.45) is 0 Å². The Kier molecular flexibility index (Phi) is 2.68. The van der Waals surface area contributed by atoms with Crippen molar-refractivity contribution in [2.75, 3.05) is 0 Å². The Morgan fingerprint density at radius 1 is 1.05 bits per heavy atom. The van der Waals surface area contributed by atoms with Crippen molar-refractivity contribution >= 4 is 16.9 Å². The van der Waals surface area contributed by atoms with E-state index < -0.39 is 11.8 Å². The molecule has 1 heterocycles. The summed E-state index contributed by atoms with van der Waals surface area (Å²) in [5.74, 6) is -1.89. The number of carboxylic acid groups (broad SMARTS) is 1. The summed E-state index contributed by atoms with van der Waals surface area (Å²) < 4.78 is 14.6. The van der Waals surface area contributed by atoms with Gasteiger partial charge in [-0.2, -0.15) is 4.73 Å². The van der Waals surface area contributed by atoms with Gasteiger partial charge in [-0.25, -0.2) is 9.18 Å². The van der Waals surface area contributed by atoms with Gasteiger partial charge in [0.15, 0.2) is 5.69 Å². The van der Waals surface area contributed by atoms with E-state index in [1.165, 1.54) is 6.07 Å². The number of carbonyl (C=O) groups is 1. The van der Waals surface area contributed by atoms with Crippen LogP contribution in [0.2, 0.25) is 0 Å². The molecule has 20 heavy (non-hydrogen) atoms. The molecule has 0 amide bonds. The lowest BCUT2D eigenvalue weighted by atomic mass is 10.0. The molecule has 0 atom stereocenters. The molecular formula is C15H10FNO3. The van der Waals surface area contributed by atoms with Crippen LogP contribution in [0.15, 0.2) is 48.5 Å². The summed E-state index contributed by atoms with van der Waals surface area (Å²) in [6.45, 7) is 0. The van der Waals surface area contributed by atoms with E-state index in [1.54, 1.807) is 6.07 Å². The normalized spacial score (nSPS) is 10.8. The van der Waals surface area contributed by atoms with E-state index in [2.05, 4.69) is 0 Å². The van der Waals surface area contributed by atoms with Crippen molar-refractivity contribution in [3.63, 3.8) is 0 Å². The molecule has 0 spiro atoms. The fraction of sp³-hybridized carbons (Fsp3) is 0. The largest absolute Gasteiger partial charge is 0.476 e. The Labute approximate surface area is 113 Å². The van der Waals surface area contributed by atoms with Crippen molar-refractivity contribution in [1.29, 1.82) is 0 Å². The molecule has 0 aliphatic carbocycles. The van der Waals surface area contributed by atoms with Gasteiger partial charge >= 0.3 is 5.97 Å². The van der Waals surface area contributed by atoms with Crippen LogP contribution in [-0.2, 0) is 0 Å². The molecule has 1 aromatic heterocycles. The number of nitrogens with zero attached hydrogens (tertiary/aromatic N) is 1. The second-order valence-electron chi connectivity index (χ2n) is 4.40. The molecule has 0 unspecified atom stereocenters. The second-order valence-corrected chi connectivity index (χ2v) is 4.40. The molecule has 3 rings (SSSR count).